The first kappa shape index (κ1) is 27.5. The summed E-state index contributed by atoms with van der Waals surface area (Å²) in [5.41, 5.74) is 1.45. The number of amides is 2. The Balaban J connectivity index is 1.77. The van der Waals surface area contributed by atoms with Gasteiger partial charge in [-0.05, 0) is 41.3 Å². The highest BCUT2D eigenvalue weighted by Gasteiger charge is 2.40. The largest absolute Gasteiger partial charge is 0.573 e. The van der Waals surface area contributed by atoms with Crippen molar-refractivity contribution in [2.45, 2.75) is 50.5 Å². The van der Waals surface area contributed by atoms with E-state index in [-0.39, 0.29) is 42.9 Å². The Bertz CT molecular complexity index is 1180. The van der Waals surface area contributed by atoms with Crippen LogP contribution in [0, 0.1) is 0 Å². The molecule has 1 N–H and O–H groups in total. The molecule has 1 heterocycles. The van der Waals surface area contributed by atoms with Gasteiger partial charge in [-0.3, -0.25) is 9.59 Å². The van der Waals surface area contributed by atoms with Crippen molar-refractivity contribution >= 4 is 21.8 Å². The van der Waals surface area contributed by atoms with Gasteiger partial charge >= 0.3 is 6.36 Å². The monoisotopic (exact) mass is 527 g/mol. The van der Waals surface area contributed by atoms with Gasteiger partial charge in [0.15, 0.2) is 0 Å². The standard InChI is InChI=1S/C24H28F3N3O5S/c1-16(2)19-6-10-21(11-7-19)36(33,34)30-13-12-29(17(3)31)15-22(30)23(32)28-14-18-4-8-20(9-5-18)35-24(25,26)27/h4-11,16,22H,12-15H2,1-3H3,(H,28,32). The van der Waals surface area contributed by atoms with Crippen molar-refractivity contribution in [1.29, 1.82) is 0 Å². The molecule has 196 valence electrons. The third kappa shape index (κ3) is 6.76. The molecule has 0 aliphatic carbocycles. The summed E-state index contributed by atoms with van der Waals surface area (Å²) in [6.07, 6.45) is -4.82. The number of nitrogens with one attached hydrogen (secondary N) is 1. The molecular weight excluding hydrogens is 499 g/mol. The Labute approximate surface area is 208 Å². The Morgan fingerprint density at radius 1 is 1.06 bits per heavy atom. The number of benzene rings is 2. The number of hydrogen-bond donors (Lipinski definition) is 1. The van der Waals surface area contributed by atoms with Crippen LogP contribution in [0.3, 0.4) is 0 Å². The van der Waals surface area contributed by atoms with E-state index in [0.717, 1.165) is 22.0 Å². The number of carbonyl (C=O) groups is 2. The van der Waals surface area contributed by atoms with E-state index < -0.39 is 34.1 Å². The van der Waals surface area contributed by atoms with Crippen molar-refractivity contribution in [2.24, 2.45) is 0 Å². The van der Waals surface area contributed by atoms with Crippen LogP contribution in [0.4, 0.5) is 13.2 Å². The zero-order valence-electron chi connectivity index (χ0n) is 20.1. The van der Waals surface area contributed by atoms with E-state index in [0.29, 0.717) is 5.56 Å². The van der Waals surface area contributed by atoms with Gasteiger partial charge in [-0.2, -0.15) is 4.31 Å². The van der Waals surface area contributed by atoms with E-state index in [1.54, 1.807) is 12.1 Å². The number of ether oxygens (including phenoxy) is 1. The number of hydrogen-bond acceptors (Lipinski definition) is 5. The molecule has 0 bridgehead atoms. The van der Waals surface area contributed by atoms with E-state index in [1.165, 1.54) is 36.1 Å². The van der Waals surface area contributed by atoms with Crippen molar-refractivity contribution in [3.05, 3.63) is 59.7 Å². The zero-order valence-corrected chi connectivity index (χ0v) is 20.9. The summed E-state index contributed by atoms with van der Waals surface area (Å²) in [7, 11) is -4.04. The van der Waals surface area contributed by atoms with Gasteiger partial charge in [0, 0.05) is 33.1 Å². The van der Waals surface area contributed by atoms with Crippen molar-refractivity contribution in [1.82, 2.24) is 14.5 Å². The molecule has 2 amide bonds. The van der Waals surface area contributed by atoms with E-state index in [4.69, 9.17) is 0 Å². The van der Waals surface area contributed by atoms with Gasteiger partial charge in [0.25, 0.3) is 0 Å². The third-order valence-electron chi connectivity index (χ3n) is 5.86. The van der Waals surface area contributed by atoms with Gasteiger partial charge in [-0.25, -0.2) is 8.42 Å². The molecule has 1 saturated heterocycles. The minimum Gasteiger partial charge on any atom is -0.406 e. The molecule has 2 aromatic carbocycles. The average Bonchev–Trinajstić information content (AvgIpc) is 2.82. The van der Waals surface area contributed by atoms with Gasteiger partial charge in [-0.1, -0.05) is 38.1 Å². The lowest BCUT2D eigenvalue weighted by Gasteiger charge is -2.39. The quantitative estimate of drug-likeness (QED) is 0.597. The van der Waals surface area contributed by atoms with Gasteiger partial charge < -0.3 is 15.0 Å². The first-order valence-electron chi connectivity index (χ1n) is 11.3. The first-order valence-corrected chi connectivity index (χ1v) is 12.7. The molecule has 3 rings (SSSR count). The number of nitrogens with zero attached hydrogens (tertiary/aromatic N) is 2. The number of carbonyl (C=O) groups excluding carboxylic acids is 2. The maximum absolute atomic E-state index is 13.4. The minimum atomic E-state index is -4.82. The maximum Gasteiger partial charge on any atom is 0.573 e. The number of sulfonamides is 1. The smallest absolute Gasteiger partial charge is 0.406 e. The summed E-state index contributed by atoms with van der Waals surface area (Å²) in [5.74, 6) is -1.10. The lowest BCUT2D eigenvalue weighted by molar-refractivity contribution is -0.274. The second kappa shape index (κ2) is 10.9. The Morgan fingerprint density at radius 3 is 2.19 bits per heavy atom. The molecule has 1 aliphatic heterocycles. The number of alkyl halides is 3. The summed E-state index contributed by atoms with van der Waals surface area (Å²) in [5, 5.41) is 2.63. The lowest BCUT2D eigenvalue weighted by Crippen LogP contribution is -2.61. The van der Waals surface area contributed by atoms with E-state index in [2.05, 4.69) is 10.1 Å². The van der Waals surface area contributed by atoms with E-state index in [9.17, 15) is 31.2 Å². The second-order valence-corrected chi connectivity index (χ2v) is 10.6. The highest BCUT2D eigenvalue weighted by molar-refractivity contribution is 7.89. The van der Waals surface area contributed by atoms with Gasteiger partial charge in [0.2, 0.25) is 21.8 Å². The molecule has 2 aromatic rings. The zero-order chi connectivity index (χ0) is 26.7. The van der Waals surface area contributed by atoms with Crippen LogP contribution in [-0.2, 0) is 26.2 Å². The Hall–Kier alpha value is -3.12. The Morgan fingerprint density at radius 2 is 1.67 bits per heavy atom. The molecule has 1 fully saturated rings. The normalized spacial score (nSPS) is 17.2. The molecule has 8 nitrogen and oxygen atoms in total. The van der Waals surface area contributed by atoms with Crippen molar-refractivity contribution < 1.29 is 35.9 Å². The van der Waals surface area contributed by atoms with Crippen molar-refractivity contribution in [3.63, 3.8) is 0 Å². The van der Waals surface area contributed by atoms with E-state index in [1.807, 2.05) is 13.8 Å². The van der Waals surface area contributed by atoms with Crippen LogP contribution in [-0.4, -0.2) is 61.5 Å². The molecule has 1 aliphatic rings. The van der Waals surface area contributed by atoms with Crippen LogP contribution < -0.4 is 10.1 Å². The minimum absolute atomic E-state index is 0.0428. The lowest BCUT2D eigenvalue weighted by atomic mass is 10.0. The fraction of sp³-hybridized carbons (Fsp3) is 0.417. The predicted molar refractivity (Wildman–Crippen MR) is 125 cm³/mol. The van der Waals surface area contributed by atoms with Gasteiger partial charge in [-0.15, -0.1) is 13.2 Å². The molecule has 0 spiro atoms. The number of piperazine rings is 1. The average molecular weight is 528 g/mol. The summed E-state index contributed by atoms with van der Waals surface area (Å²) in [6, 6.07) is 10.2. The molecule has 0 radical (unpaired) electrons. The van der Waals surface area contributed by atoms with Crippen LogP contribution in [0.15, 0.2) is 53.4 Å². The molecule has 0 saturated carbocycles. The third-order valence-corrected chi connectivity index (χ3v) is 7.78. The van der Waals surface area contributed by atoms with Crippen molar-refractivity contribution in [2.75, 3.05) is 19.6 Å². The van der Waals surface area contributed by atoms with Crippen LogP contribution in [0.5, 0.6) is 5.75 Å². The number of halogens is 3. The summed E-state index contributed by atoms with van der Waals surface area (Å²) >= 11 is 0. The molecular formula is C24H28F3N3O5S. The molecule has 1 atom stereocenters. The molecule has 36 heavy (non-hydrogen) atoms. The van der Waals surface area contributed by atoms with E-state index >= 15 is 0 Å². The van der Waals surface area contributed by atoms with Gasteiger partial charge in [0.1, 0.15) is 11.8 Å². The molecule has 12 heteroatoms. The second-order valence-electron chi connectivity index (χ2n) is 8.73. The first-order chi connectivity index (χ1) is 16.8. The van der Waals surface area contributed by atoms with Crippen LogP contribution in [0.1, 0.15) is 37.8 Å². The Kier molecular flexibility index (Phi) is 8.29. The SMILES string of the molecule is CC(=O)N1CCN(S(=O)(=O)c2ccc(C(C)C)cc2)C(C(=O)NCc2ccc(OC(F)(F)F)cc2)C1. The maximum atomic E-state index is 13.4. The topological polar surface area (TPSA) is 96.0 Å². The van der Waals surface area contributed by atoms with Crippen LogP contribution >= 0.6 is 0 Å². The fourth-order valence-electron chi connectivity index (χ4n) is 3.83. The molecule has 0 aromatic heterocycles. The molecule has 1 unspecified atom stereocenters. The highest BCUT2D eigenvalue weighted by atomic mass is 32.2. The fourth-order valence-corrected chi connectivity index (χ4v) is 5.40. The van der Waals surface area contributed by atoms with Crippen LogP contribution in [0.2, 0.25) is 0 Å². The summed E-state index contributed by atoms with van der Waals surface area (Å²) < 4.78 is 68.8. The highest BCUT2D eigenvalue weighted by Crippen LogP contribution is 2.25. The number of rotatable bonds is 7. The van der Waals surface area contributed by atoms with Gasteiger partial charge in [0.05, 0.1) is 4.90 Å². The van der Waals surface area contributed by atoms with Crippen LogP contribution in [0.25, 0.3) is 0 Å². The summed E-state index contributed by atoms with van der Waals surface area (Å²) in [6.45, 7) is 5.22. The van der Waals surface area contributed by atoms with Crippen molar-refractivity contribution in [3.8, 4) is 5.75 Å². The summed E-state index contributed by atoms with van der Waals surface area (Å²) in [4.78, 5) is 26.5. The predicted octanol–water partition coefficient (Wildman–Crippen LogP) is 3.25.